The predicted octanol–water partition coefficient (Wildman–Crippen LogP) is 3.80. The first-order chi connectivity index (χ1) is 13.7. The maximum Gasteiger partial charge on any atom is 0.251 e. The molecule has 28 heavy (non-hydrogen) atoms. The summed E-state index contributed by atoms with van der Waals surface area (Å²) < 4.78 is 1.22. The third kappa shape index (κ3) is 3.12. The summed E-state index contributed by atoms with van der Waals surface area (Å²) in [5, 5.41) is 0. The van der Waals surface area contributed by atoms with Gasteiger partial charge in [0, 0.05) is 37.4 Å². The van der Waals surface area contributed by atoms with Crippen LogP contribution in [0, 0.1) is 0 Å². The van der Waals surface area contributed by atoms with Crippen LogP contribution in [0.15, 0.2) is 59.3 Å². The average Bonchev–Trinajstić information content (AvgIpc) is 3.32. The van der Waals surface area contributed by atoms with Crippen molar-refractivity contribution in [3.8, 4) is 0 Å². The lowest BCUT2D eigenvalue weighted by Gasteiger charge is -2.32. The fraction of sp³-hybridized carbons (Fsp3) is 0.318. The summed E-state index contributed by atoms with van der Waals surface area (Å²) in [5.74, 6) is 0.174. The van der Waals surface area contributed by atoms with Gasteiger partial charge in [0.2, 0.25) is 0 Å². The highest BCUT2D eigenvalue weighted by Gasteiger charge is 2.35. The van der Waals surface area contributed by atoms with Gasteiger partial charge in [0.25, 0.3) is 5.91 Å². The Bertz CT molecular complexity index is 1060. The first-order valence-corrected chi connectivity index (χ1v) is 10.5. The van der Waals surface area contributed by atoms with Crippen LogP contribution in [0.5, 0.6) is 0 Å². The Labute approximate surface area is 168 Å². The molecule has 1 unspecified atom stereocenters. The monoisotopic (exact) mass is 390 g/mol. The van der Waals surface area contributed by atoms with Crippen LogP contribution < -0.4 is 0 Å². The molecule has 142 valence electrons. The molecule has 0 saturated carbocycles. The number of rotatable bonds is 4. The maximum absolute atomic E-state index is 13.0. The molecule has 0 bridgehead atoms. The van der Waals surface area contributed by atoms with Crippen LogP contribution in [0.25, 0.3) is 10.2 Å². The average molecular weight is 391 g/mol. The predicted molar refractivity (Wildman–Crippen MR) is 111 cm³/mol. The molecule has 1 amide bonds. The van der Waals surface area contributed by atoms with E-state index >= 15 is 0 Å². The van der Waals surface area contributed by atoms with Crippen molar-refractivity contribution >= 4 is 27.5 Å². The number of fused-ring (bicyclic) bond motifs is 1. The number of amides is 1. The second kappa shape index (κ2) is 7.11. The van der Waals surface area contributed by atoms with Gasteiger partial charge in [0.05, 0.1) is 28.0 Å². The van der Waals surface area contributed by atoms with Gasteiger partial charge in [-0.2, -0.15) is 0 Å². The molecule has 0 radical (unpaired) electrons. The highest BCUT2D eigenvalue weighted by molar-refractivity contribution is 7.16. The van der Waals surface area contributed by atoms with Gasteiger partial charge in [-0.05, 0) is 48.7 Å². The second-order valence-corrected chi connectivity index (χ2v) is 8.43. The minimum Gasteiger partial charge on any atom is -0.329 e. The molecule has 1 aromatic carbocycles. The van der Waals surface area contributed by atoms with E-state index in [-0.39, 0.29) is 11.9 Å². The van der Waals surface area contributed by atoms with Crippen LogP contribution in [-0.2, 0) is 11.3 Å². The molecule has 2 aromatic heterocycles. The van der Waals surface area contributed by atoms with Crippen molar-refractivity contribution in [1.29, 1.82) is 0 Å². The van der Waals surface area contributed by atoms with E-state index in [1.165, 1.54) is 15.8 Å². The molecule has 0 spiro atoms. The summed E-state index contributed by atoms with van der Waals surface area (Å²) in [6, 6.07) is 12.6. The number of benzene rings is 1. The molecule has 0 N–H and O–H groups in total. The second-order valence-electron chi connectivity index (χ2n) is 7.54. The van der Waals surface area contributed by atoms with Gasteiger partial charge in [-0.3, -0.25) is 14.7 Å². The summed E-state index contributed by atoms with van der Waals surface area (Å²) >= 11 is 1.67. The number of hydrogen-bond donors (Lipinski definition) is 0. The summed E-state index contributed by atoms with van der Waals surface area (Å²) in [7, 11) is 0. The molecule has 0 saturated heterocycles. The van der Waals surface area contributed by atoms with Gasteiger partial charge in [-0.25, -0.2) is 4.98 Å². The smallest absolute Gasteiger partial charge is 0.251 e. The molecule has 2 aliphatic rings. The number of nitrogens with zero attached hydrogens (tertiary/aromatic N) is 4. The minimum absolute atomic E-state index is 0.174. The fourth-order valence-electron chi connectivity index (χ4n) is 4.20. The lowest BCUT2D eigenvalue weighted by molar-refractivity contribution is -0.126. The molecule has 3 aromatic rings. The largest absolute Gasteiger partial charge is 0.329 e. The molecule has 1 atom stereocenters. The van der Waals surface area contributed by atoms with Crippen molar-refractivity contribution in [2.45, 2.75) is 25.9 Å². The van der Waals surface area contributed by atoms with E-state index in [0.717, 1.165) is 42.8 Å². The fourth-order valence-corrected chi connectivity index (χ4v) is 4.86. The Kier molecular flexibility index (Phi) is 4.45. The highest BCUT2D eigenvalue weighted by atomic mass is 32.1. The number of carbonyl (C=O) groups is 1. The Morgan fingerprint density at radius 2 is 2.11 bits per heavy atom. The highest BCUT2D eigenvalue weighted by Crippen LogP contribution is 2.33. The third-order valence-electron chi connectivity index (χ3n) is 5.88. The zero-order valence-corrected chi connectivity index (χ0v) is 16.7. The Hall–Kier alpha value is -2.57. The van der Waals surface area contributed by atoms with E-state index in [4.69, 9.17) is 0 Å². The quantitative estimate of drug-likeness (QED) is 0.680. The van der Waals surface area contributed by atoms with Gasteiger partial charge < -0.3 is 4.90 Å². The molecule has 2 aliphatic heterocycles. The normalized spacial score (nSPS) is 18.8. The molecular weight excluding hydrogens is 368 g/mol. The van der Waals surface area contributed by atoms with E-state index in [9.17, 15) is 4.79 Å². The number of thiazole rings is 1. The van der Waals surface area contributed by atoms with Crippen LogP contribution in [-0.4, -0.2) is 45.3 Å². The van der Waals surface area contributed by atoms with E-state index in [2.05, 4.69) is 40.0 Å². The standard InChI is InChI=1S/C22H22N4OS/c1-15(16-5-6-21-20(10-16)24-14-28-21)25-9-7-17-11-26(22(27)19(17)13-25)12-18-4-2-3-8-23-18/h2-6,8,10,14-15H,7,9,11-13H2,1H3. The van der Waals surface area contributed by atoms with Crippen LogP contribution in [0.4, 0.5) is 0 Å². The number of hydrogen-bond acceptors (Lipinski definition) is 5. The number of carbonyl (C=O) groups excluding carboxylic acids is 1. The van der Waals surface area contributed by atoms with Gasteiger partial charge in [-0.15, -0.1) is 11.3 Å². The minimum atomic E-state index is 0.174. The first kappa shape index (κ1) is 17.5. The van der Waals surface area contributed by atoms with Crippen molar-refractivity contribution in [2.75, 3.05) is 19.6 Å². The Morgan fingerprint density at radius 1 is 1.18 bits per heavy atom. The van der Waals surface area contributed by atoms with Crippen molar-refractivity contribution in [2.24, 2.45) is 0 Å². The summed E-state index contributed by atoms with van der Waals surface area (Å²) in [6.45, 7) is 5.27. The lowest BCUT2D eigenvalue weighted by Crippen LogP contribution is -2.35. The van der Waals surface area contributed by atoms with Crippen molar-refractivity contribution in [1.82, 2.24) is 19.8 Å². The van der Waals surface area contributed by atoms with E-state index in [0.29, 0.717) is 6.54 Å². The Balaban J connectivity index is 1.31. The zero-order valence-electron chi connectivity index (χ0n) is 15.8. The molecule has 6 heteroatoms. The summed E-state index contributed by atoms with van der Waals surface area (Å²) in [5.41, 5.74) is 7.45. The summed E-state index contributed by atoms with van der Waals surface area (Å²) in [6.07, 6.45) is 2.74. The SMILES string of the molecule is CC(c1ccc2scnc2c1)N1CCC2=C(C1)C(=O)N(Cc1ccccn1)C2. The topological polar surface area (TPSA) is 49.3 Å². The molecule has 0 aliphatic carbocycles. The van der Waals surface area contributed by atoms with Crippen molar-refractivity contribution in [3.63, 3.8) is 0 Å². The molecule has 0 fully saturated rings. The van der Waals surface area contributed by atoms with Gasteiger partial charge in [0.1, 0.15) is 0 Å². The molecule has 4 heterocycles. The van der Waals surface area contributed by atoms with Crippen LogP contribution in [0.2, 0.25) is 0 Å². The first-order valence-electron chi connectivity index (χ1n) is 9.66. The van der Waals surface area contributed by atoms with Crippen LogP contribution >= 0.6 is 11.3 Å². The van der Waals surface area contributed by atoms with Crippen LogP contribution in [0.1, 0.15) is 30.6 Å². The van der Waals surface area contributed by atoms with Crippen molar-refractivity contribution < 1.29 is 4.79 Å². The lowest BCUT2D eigenvalue weighted by atomic mass is 9.98. The number of aromatic nitrogens is 2. The zero-order chi connectivity index (χ0) is 19.1. The summed E-state index contributed by atoms with van der Waals surface area (Å²) in [4.78, 5) is 26.2. The molecular formula is C22H22N4OS. The van der Waals surface area contributed by atoms with E-state index in [1.54, 1.807) is 17.5 Å². The molecule has 5 rings (SSSR count). The molecule has 5 nitrogen and oxygen atoms in total. The van der Waals surface area contributed by atoms with Gasteiger partial charge in [-0.1, -0.05) is 12.1 Å². The van der Waals surface area contributed by atoms with Crippen LogP contribution in [0.3, 0.4) is 0 Å². The third-order valence-corrected chi connectivity index (χ3v) is 6.69. The Morgan fingerprint density at radius 3 is 2.96 bits per heavy atom. The van der Waals surface area contributed by atoms with E-state index < -0.39 is 0 Å². The van der Waals surface area contributed by atoms with Crippen molar-refractivity contribution in [3.05, 3.63) is 70.5 Å². The maximum atomic E-state index is 13.0. The van der Waals surface area contributed by atoms with Gasteiger partial charge in [0.15, 0.2) is 0 Å². The van der Waals surface area contributed by atoms with Gasteiger partial charge >= 0.3 is 0 Å². The van der Waals surface area contributed by atoms with E-state index in [1.807, 2.05) is 28.6 Å². The number of pyridine rings is 1.